The van der Waals surface area contributed by atoms with Crippen LogP contribution in [-0.4, -0.2) is 45.4 Å². The van der Waals surface area contributed by atoms with Crippen molar-refractivity contribution in [1.29, 1.82) is 0 Å². The van der Waals surface area contributed by atoms with E-state index in [0.717, 1.165) is 70.8 Å². The summed E-state index contributed by atoms with van der Waals surface area (Å²) in [6.45, 7) is 0.749. The van der Waals surface area contributed by atoms with E-state index in [1.807, 2.05) is 48.5 Å². The van der Waals surface area contributed by atoms with Crippen LogP contribution in [0.2, 0.25) is 0 Å². The molecule has 160 valence electrons. The second-order valence-electron chi connectivity index (χ2n) is 7.71. The number of hydrogen-bond acceptors (Lipinski definition) is 6. The lowest BCUT2D eigenvalue weighted by Gasteiger charge is -2.23. The molecule has 1 unspecified atom stereocenters. The number of fused-ring (bicyclic) bond motifs is 1. The van der Waals surface area contributed by atoms with Crippen molar-refractivity contribution in [1.82, 2.24) is 24.5 Å². The molecule has 5 rings (SSSR count). The monoisotopic (exact) mass is 419 g/mol. The summed E-state index contributed by atoms with van der Waals surface area (Å²) in [7, 11) is 5.19. The topological polar surface area (TPSA) is 76.2 Å². The molecule has 1 aliphatic rings. The van der Waals surface area contributed by atoms with Crippen molar-refractivity contribution in [2.24, 2.45) is 7.05 Å². The van der Waals surface area contributed by atoms with Gasteiger partial charge in [0.1, 0.15) is 17.2 Å². The molecular formula is C23H25N5O3. The first kappa shape index (κ1) is 19.6. The van der Waals surface area contributed by atoms with Gasteiger partial charge in [-0.1, -0.05) is 0 Å². The molecule has 1 fully saturated rings. The minimum atomic E-state index is -0.0863. The van der Waals surface area contributed by atoms with Gasteiger partial charge in [0.05, 0.1) is 31.6 Å². The Morgan fingerprint density at radius 2 is 1.81 bits per heavy atom. The Labute approximate surface area is 180 Å². The molecule has 4 heterocycles. The van der Waals surface area contributed by atoms with Crippen molar-refractivity contribution < 1.29 is 14.2 Å². The van der Waals surface area contributed by atoms with E-state index in [4.69, 9.17) is 24.3 Å². The maximum Gasteiger partial charge on any atom is 0.150 e. The molecule has 0 spiro atoms. The number of pyridine rings is 1. The summed E-state index contributed by atoms with van der Waals surface area (Å²) in [6, 6.07) is 7.82. The fourth-order valence-electron chi connectivity index (χ4n) is 4.04. The van der Waals surface area contributed by atoms with Gasteiger partial charge in [-0.15, -0.1) is 0 Å². The molecule has 0 amide bonds. The maximum atomic E-state index is 6.06. The lowest BCUT2D eigenvalue weighted by Crippen LogP contribution is -2.19. The Bertz CT molecular complexity index is 1200. The molecule has 1 atom stereocenters. The lowest BCUT2D eigenvalue weighted by molar-refractivity contribution is -0.0365. The van der Waals surface area contributed by atoms with Crippen LogP contribution in [0.25, 0.3) is 33.4 Å². The van der Waals surface area contributed by atoms with Crippen LogP contribution in [0.15, 0.2) is 42.9 Å². The van der Waals surface area contributed by atoms with Gasteiger partial charge in [0, 0.05) is 48.6 Å². The zero-order chi connectivity index (χ0) is 21.4. The third kappa shape index (κ3) is 3.63. The average Bonchev–Trinajstić information content (AvgIpc) is 3.42. The Hall–Kier alpha value is -3.39. The molecule has 1 aromatic carbocycles. The summed E-state index contributed by atoms with van der Waals surface area (Å²) in [5.74, 6) is 1.44. The molecule has 4 aromatic rings. The Morgan fingerprint density at radius 1 is 1.00 bits per heavy atom. The molecule has 0 saturated carbocycles. The first-order valence-corrected chi connectivity index (χ1v) is 10.4. The Balaban J connectivity index is 1.68. The molecular weight excluding hydrogens is 394 g/mol. The molecule has 0 aliphatic carbocycles. The van der Waals surface area contributed by atoms with Crippen molar-refractivity contribution in [2.75, 3.05) is 20.8 Å². The molecule has 1 aliphatic heterocycles. The van der Waals surface area contributed by atoms with E-state index in [-0.39, 0.29) is 6.23 Å². The smallest absolute Gasteiger partial charge is 0.150 e. The number of nitrogens with zero attached hydrogens (tertiary/aromatic N) is 5. The van der Waals surface area contributed by atoms with Crippen molar-refractivity contribution >= 4 is 10.9 Å². The summed E-state index contributed by atoms with van der Waals surface area (Å²) in [5.41, 5.74) is 4.54. The van der Waals surface area contributed by atoms with E-state index >= 15 is 0 Å². The Kier molecular flexibility index (Phi) is 5.07. The summed E-state index contributed by atoms with van der Waals surface area (Å²) in [6.07, 6.45) is 8.74. The summed E-state index contributed by atoms with van der Waals surface area (Å²) in [4.78, 5) is 4.75. The van der Waals surface area contributed by atoms with Gasteiger partial charge in [-0.25, -0.2) is 4.68 Å². The summed E-state index contributed by atoms with van der Waals surface area (Å²) in [5, 5.41) is 10.2. The van der Waals surface area contributed by atoms with Gasteiger partial charge in [-0.05, 0) is 37.5 Å². The molecule has 8 heteroatoms. The highest BCUT2D eigenvalue weighted by atomic mass is 16.5. The van der Waals surface area contributed by atoms with Crippen LogP contribution >= 0.6 is 0 Å². The third-order valence-corrected chi connectivity index (χ3v) is 5.65. The minimum absolute atomic E-state index is 0.0863. The van der Waals surface area contributed by atoms with Crippen molar-refractivity contribution in [2.45, 2.75) is 25.5 Å². The second-order valence-corrected chi connectivity index (χ2v) is 7.71. The van der Waals surface area contributed by atoms with Crippen molar-refractivity contribution in [3.8, 4) is 34.0 Å². The molecule has 3 aromatic heterocycles. The standard InChI is InChI=1S/C23H25N5O3/c1-27-14-16(12-25-27)23-19-13-24-20(15-8-17(29-2)10-18(9-15)30-3)11-21(19)28(26-23)22-6-4-5-7-31-22/h8-14,22H,4-7H2,1-3H3. The first-order valence-electron chi connectivity index (χ1n) is 10.4. The Morgan fingerprint density at radius 3 is 2.45 bits per heavy atom. The van der Waals surface area contributed by atoms with Crippen LogP contribution in [-0.2, 0) is 11.8 Å². The molecule has 0 bridgehead atoms. The highest BCUT2D eigenvalue weighted by molar-refractivity contribution is 5.94. The van der Waals surface area contributed by atoms with Gasteiger partial charge in [-0.3, -0.25) is 9.67 Å². The van der Waals surface area contributed by atoms with Crippen LogP contribution in [0.3, 0.4) is 0 Å². The van der Waals surface area contributed by atoms with Gasteiger partial charge in [0.25, 0.3) is 0 Å². The van der Waals surface area contributed by atoms with E-state index in [1.54, 1.807) is 18.9 Å². The number of methoxy groups -OCH3 is 2. The van der Waals surface area contributed by atoms with Crippen molar-refractivity contribution in [3.63, 3.8) is 0 Å². The molecule has 31 heavy (non-hydrogen) atoms. The number of aromatic nitrogens is 5. The molecule has 0 N–H and O–H groups in total. The average molecular weight is 419 g/mol. The number of benzene rings is 1. The third-order valence-electron chi connectivity index (χ3n) is 5.65. The highest BCUT2D eigenvalue weighted by Crippen LogP contribution is 2.35. The SMILES string of the molecule is COc1cc(OC)cc(-c2cc3c(cn2)c(-c2cnn(C)c2)nn3C2CCCCO2)c1. The van der Waals surface area contributed by atoms with Gasteiger partial charge in [0.15, 0.2) is 6.23 Å². The predicted molar refractivity (Wildman–Crippen MR) is 117 cm³/mol. The van der Waals surface area contributed by atoms with Gasteiger partial charge in [0.2, 0.25) is 0 Å². The van der Waals surface area contributed by atoms with Crippen LogP contribution < -0.4 is 9.47 Å². The minimum Gasteiger partial charge on any atom is -0.497 e. The van der Waals surface area contributed by atoms with Crippen LogP contribution in [0.4, 0.5) is 0 Å². The first-order chi connectivity index (χ1) is 15.2. The molecule has 8 nitrogen and oxygen atoms in total. The maximum absolute atomic E-state index is 6.06. The van der Waals surface area contributed by atoms with Crippen LogP contribution in [0.5, 0.6) is 11.5 Å². The van der Waals surface area contributed by atoms with E-state index < -0.39 is 0 Å². The summed E-state index contributed by atoms with van der Waals surface area (Å²) < 4.78 is 20.7. The van der Waals surface area contributed by atoms with Gasteiger partial charge >= 0.3 is 0 Å². The number of ether oxygens (including phenoxy) is 3. The second kappa shape index (κ2) is 8.03. The molecule has 1 saturated heterocycles. The fraction of sp³-hybridized carbons (Fsp3) is 0.348. The number of aryl methyl sites for hydroxylation is 1. The normalized spacial score (nSPS) is 16.5. The summed E-state index contributed by atoms with van der Waals surface area (Å²) >= 11 is 0. The van der Waals surface area contributed by atoms with E-state index in [9.17, 15) is 0 Å². The number of hydrogen-bond donors (Lipinski definition) is 0. The molecule has 0 radical (unpaired) electrons. The van der Waals surface area contributed by atoms with E-state index in [1.165, 1.54) is 0 Å². The largest absolute Gasteiger partial charge is 0.497 e. The van der Waals surface area contributed by atoms with E-state index in [0.29, 0.717) is 0 Å². The fourth-order valence-corrected chi connectivity index (χ4v) is 4.04. The van der Waals surface area contributed by atoms with Crippen LogP contribution in [0, 0.1) is 0 Å². The zero-order valence-corrected chi connectivity index (χ0v) is 17.9. The highest BCUT2D eigenvalue weighted by Gasteiger charge is 2.23. The van der Waals surface area contributed by atoms with Crippen LogP contribution in [0.1, 0.15) is 25.5 Å². The van der Waals surface area contributed by atoms with E-state index in [2.05, 4.69) is 11.2 Å². The van der Waals surface area contributed by atoms with Crippen molar-refractivity contribution in [3.05, 3.63) is 42.9 Å². The van der Waals surface area contributed by atoms with Gasteiger partial charge in [-0.2, -0.15) is 10.2 Å². The predicted octanol–water partition coefficient (Wildman–Crippen LogP) is 4.22. The number of rotatable bonds is 5. The zero-order valence-electron chi connectivity index (χ0n) is 17.9. The van der Waals surface area contributed by atoms with Gasteiger partial charge < -0.3 is 14.2 Å². The quantitative estimate of drug-likeness (QED) is 0.482. The lowest BCUT2D eigenvalue weighted by atomic mass is 10.1.